The Morgan fingerprint density at radius 2 is 2.11 bits per heavy atom. The summed E-state index contributed by atoms with van der Waals surface area (Å²) in [6, 6.07) is 7.14. The fraction of sp³-hybridized carbons (Fsp3) is 0.625. The van der Waals surface area contributed by atoms with Gasteiger partial charge in [-0.2, -0.15) is 0 Å². The summed E-state index contributed by atoms with van der Waals surface area (Å²) in [4.78, 5) is 0. The minimum absolute atomic E-state index is 0.116. The average Bonchev–Trinajstić information content (AvgIpc) is 3.00. The first-order valence-electron chi connectivity index (χ1n) is 6.88. The fourth-order valence-electron chi connectivity index (χ4n) is 2.87. The van der Waals surface area contributed by atoms with E-state index in [1.807, 2.05) is 6.07 Å². The lowest BCUT2D eigenvalue weighted by Gasteiger charge is -2.22. The van der Waals surface area contributed by atoms with Crippen LogP contribution in [0, 0.1) is 11.7 Å². The summed E-state index contributed by atoms with van der Waals surface area (Å²) in [6.07, 6.45) is 2.27. The Hall–Kier alpha value is -0.890. The molecule has 100 valence electrons. The van der Waals surface area contributed by atoms with Gasteiger partial charge < -0.3 is 5.32 Å². The minimum Gasteiger partial charge on any atom is -0.312 e. The zero-order valence-electron chi connectivity index (χ0n) is 11.9. The lowest BCUT2D eigenvalue weighted by molar-refractivity contribution is 0.401. The second-order valence-corrected chi connectivity index (χ2v) is 6.55. The van der Waals surface area contributed by atoms with E-state index >= 15 is 0 Å². The van der Waals surface area contributed by atoms with Gasteiger partial charge in [-0.1, -0.05) is 19.1 Å². The minimum atomic E-state index is -0.116. The predicted molar refractivity (Wildman–Crippen MR) is 74.2 cm³/mol. The molecule has 1 saturated carbocycles. The summed E-state index contributed by atoms with van der Waals surface area (Å²) in [5, 5.41) is 3.56. The molecular formula is C16H24FN. The fourth-order valence-corrected chi connectivity index (χ4v) is 2.87. The Labute approximate surface area is 110 Å². The van der Waals surface area contributed by atoms with Crippen molar-refractivity contribution in [3.63, 3.8) is 0 Å². The van der Waals surface area contributed by atoms with E-state index in [2.05, 4.69) is 39.1 Å². The van der Waals surface area contributed by atoms with E-state index in [4.69, 9.17) is 0 Å². The maximum absolute atomic E-state index is 13.3. The zero-order valence-corrected chi connectivity index (χ0v) is 11.9. The molecule has 1 aliphatic rings. The van der Waals surface area contributed by atoms with Crippen LogP contribution in [0.3, 0.4) is 0 Å². The lowest BCUT2D eigenvalue weighted by Crippen LogP contribution is -2.38. The first kappa shape index (κ1) is 13.5. The van der Waals surface area contributed by atoms with E-state index in [9.17, 15) is 4.39 Å². The summed E-state index contributed by atoms with van der Waals surface area (Å²) in [5.41, 5.74) is 1.54. The molecule has 2 unspecified atom stereocenters. The number of halogens is 1. The van der Waals surface area contributed by atoms with Crippen molar-refractivity contribution < 1.29 is 4.39 Å². The van der Waals surface area contributed by atoms with Crippen LogP contribution in [0.1, 0.15) is 46.1 Å². The highest BCUT2D eigenvalue weighted by Crippen LogP contribution is 2.56. The summed E-state index contributed by atoms with van der Waals surface area (Å²) >= 11 is 0. The number of nitrogens with one attached hydrogen (secondary N) is 1. The number of rotatable bonds is 4. The largest absolute Gasteiger partial charge is 0.312 e. The van der Waals surface area contributed by atoms with E-state index in [0.29, 0.717) is 5.92 Å². The zero-order chi connectivity index (χ0) is 13.4. The molecule has 0 amide bonds. The van der Waals surface area contributed by atoms with E-state index < -0.39 is 0 Å². The normalized spacial score (nSPS) is 27.3. The van der Waals surface area contributed by atoms with Gasteiger partial charge in [-0.15, -0.1) is 0 Å². The third-order valence-electron chi connectivity index (χ3n) is 4.14. The van der Waals surface area contributed by atoms with Crippen molar-refractivity contribution in [1.82, 2.24) is 5.32 Å². The van der Waals surface area contributed by atoms with Crippen LogP contribution in [0.5, 0.6) is 0 Å². The maximum atomic E-state index is 13.3. The van der Waals surface area contributed by atoms with Gasteiger partial charge in [0, 0.05) is 5.54 Å². The van der Waals surface area contributed by atoms with Gasteiger partial charge in [0.15, 0.2) is 0 Å². The van der Waals surface area contributed by atoms with Gasteiger partial charge in [0.05, 0.1) is 0 Å². The molecule has 0 radical (unpaired) electrons. The van der Waals surface area contributed by atoms with Crippen molar-refractivity contribution in [3.05, 3.63) is 35.6 Å². The molecular weight excluding hydrogens is 225 g/mol. The Balaban J connectivity index is 2.07. The summed E-state index contributed by atoms with van der Waals surface area (Å²) in [6.45, 7) is 9.79. The van der Waals surface area contributed by atoms with Crippen LogP contribution in [0.15, 0.2) is 24.3 Å². The Morgan fingerprint density at radius 3 is 2.67 bits per heavy atom. The van der Waals surface area contributed by atoms with Gasteiger partial charge in [0.25, 0.3) is 0 Å². The van der Waals surface area contributed by atoms with Crippen molar-refractivity contribution >= 4 is 0 Å². The molecule has 1 aromatic carbocycles. The molecule has 0 bridgehead atoms. The van der Waals surface area contributed by atoms with Crippen LogP contribution in [0.2, 0.25) is 0 Å². The smallest absolute Gasteiger partial charge is 0.123 e. The SMILES string of the molecule is CCC1(c2cccc(F)c2)CC1CNC(C)(C)C. The van der Waals surface area contributed by atoms with Crippen molar-refractivity contribution in [1.29, 1.82) is 0 Å². The van der Waals surface area contributed by atoms with Crippen LogP contribution in [0.25, 0.3) is 0 Å². The molecule has 0 aromatic heterocycles. The molecule has 1 aliphatic carbocycles. The number of hydrogen-bond acceptors (Lipinski definition) is 1. The standard InChI is InChI=1S/C16H24FN/c1-5-16(12-7-6-8-14(17)9-12)10-13(16)11-18-15(2,3)4/h6-9,13,18H,5,10-11H2,1-4H3. The molecule has 1 N–H and O–H groups in total. The first-order chi connectivity index (χ1) is 8.37. The number of benzene rings is 1. The van der Waals surface area contributed by atoms with Crippen LogP contribution < -0.4 is 5.32 Å². The van der Waals surface area contributed by atoms with Crippen molar-refractivity contribution in [3.8, 4) is 0 Å². The average molecular weight is 249 g/mol. The first-order valence-corrected chi connectivity index (χ1v) is 6.88. The van der Waals surface area contributed by atoms with Gasteiger partial charge in [0.2, 0.25) is 0 Å². The van der Waals surface area contributed by atoms with E-state index in [1.165, 1.54) is 18.1 Å². The predicted octanol–water partition coefficient (Wildman–Crippen LogP) is 3.88. The van der Waals surface area contributed by atoms with Gasteiger partial charge in [-0.3, -0.25) is 0 Å². The van der Waals surface area contributed by atoms with Gasteiger partial charge in [0.1, 0.15) is 5.82 Å². The van der Waals surface area contributed by atoms with Crippen LogP contribution in [-0.2, 0) is 5.41 Å². The third kappa shape index (κ3) is 2.74. The van der Waals surface area contributed by atoms with Crippen molar-refractivity contribution in [2.75, 3.05) is 6.54 Å². The van der Waals surface area contributed by atoms with Crippen molar-refractivity contribution in [2.45, 2.75) is 51.5 Å². The van der Waals surface area contributed by atoms with Crippen molar-refractivity contribution in [2.24, 2.45) is 5.92 Å². The molecule has 18 heavy (non-hydrogen) atoms. The molecule has 2 heteroatoms. The molecule has 0 heterocycles. The number of hydrogen-bond donors (Lipinski definition) is 1. The monoisotopic (exact) mass is 249 g/mol. The highest BCUT2D eigenvalue weighted by molar-refractivity contribution is 5.34. The molecule has 2 atom stereocenters. The molecule has 1 aromatic rings. The van der Waals surface area contributed by atoms with Gasteiger partial charge >= 0.3 is 0 Å². The second-order valence-electron chi connectivity index (χ2n) is 6.55. The summed E-state index contributed by atoms with van der Waals surface area (Å²) in [5.74, 6) is 0.526. The Bertz CT molecular complexity index is 421. The van der Waals surface area contributed by atoms with Crippen LogP contribution >= 0.6 is 0 Å². The highest BCUT2D eigenvalue weighted by atomic mass is 19.1. The van der Waals surface area contributed by atoms with Gasteiger partial charge in [-0.25, -0.2) is 4.39 Å². The highest BCUT2D eigenvalue weighted by Gasteiger charge is 2.53. The molecule has 1 fully saturated rings. The Morgan fingerprint density at radius 1 is 1.39 bits per heavy atom. The molecule has 2 rings (SSSR count). The van der Waals surface area contributed by atoms with Gasteiger partial charge in [-0.05, 0) is 69.2 Å². The summed E-state index contributed by atoms with van der Waals surface area (Å²) in [7, 11) is 0. The van der Waals surface area contributed by atoms with Crippen LogP contribution in [-0.4, -0.2) is 12.1 Å². The molecule has 0 spiro atoms. The topological polar surface area (TPSA) is 12.0 Å². The van der Waals surface area contributed by atoms with E-state index in [-0.39, 0.29) is 16.8 Å². The summed E-state index contributed by atoms with van der Waals surface area (Å²) < 4.78 is 13.3. The van der Waals surface area contributed by atoms with E-state index in [1.54, 1.807) is 6.07 Å². The quantitative estimate of drug-likeness (QED) is 0.854. The lowest BCUT2D eigenvalue weighted by atomic mass is 9.90. The van der Waals surface area contributed by atoms with Crippen LogP contribution in [0.4, 0.5) is 4.39 Å². The maximum Gasteiger partial charge on any atom is 0.123 e. The van der Waals surface area contributed by atoms with E-state index in [0.717, 1.165) is 13.0 Å². The second kappa shape index (κ2) is 4.65. The third-order valence-corrected chi connectivity index (χ3v) is 4.14. The Kier molecular flexibility index (Phi) is 3.50. The molecule has 1 nitrogen and oxygen atoms in total. The molecule has 0 saturated heterocycles. The molecule has 0 aliphatic heterocycles.